The molecule has 2 rings (SSSR count). The van der Waals surface area contributed by atoms with E-state index in [4.69, 9.17) is 32.7 Å². The Bertz CT molecular complexity index is 824. The van der Waals surface area contributed by atoms with E-state index >= 15 is 0 Å². The summed E-state index contributed by atoms with van der Waals surface area (Å²) in [5, 5.41) is 20.2. The number of hydrogen-bond acceptors (Lipinski definition) is 7. The summed E-state index contributed by atoms with van der Waals surface area (Å²) >= 11 is 10.9. The van der Waals surface area contributed by atoms with Crippen LogP contribution in [0.5, 0.6) is 23.0 Å². The molecule has 28 heavy (non-hydrogen) atoms. The maximum Gasteiger partial charge on any atom is 0.312 e. The van der Waals surface area contributed by atoms with Crippen LogP contribution in [-0.2, 0) is 9.59 Å². The summed E-state index contributed by atoms with van der Waals surface area (Å²) in [5.41, 5.74) is -0.223. The average Bonchev–Trinajstić information content (AvgIpc) is 2.62. The van der Waals surface area contributed by atoms with Crippen LogP contribution in [0, 0.1) is 0 Å². The monoisotopic (exact) mass is 426 g/mol. The molecule has 9 heteroatoms. The highest BCUT2D eigenvalue weighted by molar-refractivity contribution is 6.19. The molecule has 0 saturated carbocycles. The van der Waals surface area contributed by atoms with Gasteiger partial charge in [-0.2, -0.15) is 0 Å². The van der Waals surface area contributed by atoms with Crippen LogP contribution in [0.2, 0.25) is 0 Å². The first-order valence-corrected chi connectivity index (χ1v) is 9.16. The van der Waals surface area contributed by atoms with E-state index in [9.17, 15) is 24.6 Å². The maximum atomic E-state index is 12.6. The highest BCUT2D eigenvalue weighted by Crippen LogP contribution is 2.30. The Labute approximate surface area is 170 Å². The SMILES string of the molecule is O=C(CCCl)Oc1ccc(C(=O)c2ccc(OC(=O)CCCl)cc2O)c(O)c1. The average molecular weight is 427 g/mol. The molecule has 0 unspecified atom stereocenters. The molecule has 2 N–H and O–H groups in total. The van der Waals surface area contributed by atoms with Gasteiger partial charge in [0.05, 0.1) is 24.0 Å². The number of phenolic OH excluding ortho intramolecular Hbond substituents is 2. The minimum Gasteiger partial charge on any atom is -0.507 e. The predicted molar refractivity (Wildman–Crippen MR) is 102 cm³/mol. The quantitative estimate of drug-likeness (QED) is 0.288. The van der Waals surface area contributed by atoms with E-state index in [0.717, 1.165) is 12.1 Å². The number of ketones is 1. The molecular weight excluding hydrogens is 411 g/mol. The number of halogens is 2. The highest BCUT2D eigenvalue weighted by atomic mass is 35.5. The zero-order valence-corrected chi connectivity index (χ0v) is 16.0. The second kappa shape index (κ2) is 9.96. The number of aromatic hydroxyl groups is 2. The Morgan fingerprint density at radius 2 is 1.14 bits per heavy atom. The lowest BCUT2D eigenvalue weighted by Gasteiger charge is -2.10. The summed E-state index contributed by atoms with van der Waals surface area (Å²) in [4.78, 5) is 35.4. The van der Waals surface area contributed by atoms with Crippen molar-refractivity contribution < 1.29 is 34.1 Å². The number of carbonyl (C=O) groups excluding carboxylic acids is 3. The fourth-order valence-electron chi connectivity index (χ4n) is 2.20. The summed E-state index contributed by atoms with van der Waals surface area (Å²) in [6, 6.07) is 7.40. The van der Waals surface area contributed by atoms with Crippen molar-refractivity contribution in [3.63, 3.8) is 0 Å². The van der Waals surface area contributed by atoms with E-state index in [1.54, 1.807) is 0 Å². The van der Waals surface area contributed by atoms with Crippen molar-refractivity contribution in [1.82, 2.24) is 0 Å². The van der Waals surface area contributed by atoms with Gasteiger partial charge in [-0.05, 0) is 24.3 Å². The molecule has 7 nitrogen and oxygen atoms in total. The highest BCUT2D eigenvalue weighted by Gasteiger charge is 2.19. The molecule has 0 saturated heterocycles. The third kappa shape index (κ3) is 5.61. The van der Waals surface area contributed by atoms with Crippen LogP contribution >= 0.6 is 23.2 Å². The molecule has 2 aromatic rings. The largest absolute Gasteiger partial charge is 0.507 e. The van der Waals surface area contributed by atoms with Crippen molar-refractivity contribution >= 4 is 40.9 Å². The molecule has 148 valence electrons. The molecule has 0 amide bonds. The molecule has 0 spiro atoms. The van der Waals surface area contributed by atoms with Gasteiger partial charge in [0, 0.05) is 23.9 Å². The lowest BCUT2D eigenvalue weighted by Crippen LogP contribution is -2.09. The van der Waals surface area contributed by atoms with E-state index in [-0.39, 0.29) is 47.2 Å². The van der Waals surface area contributed by atoms with Crippen molar-refractivity contribution in [3.8, 4) is 23.0 Å². The number of hydrogen-bond donors (Lipinski definition) is 2. The fourth-order valence-corrected chi connectivity index (χ4v) is 2.51. The Hall–Kier alpha value is -2.77. The number of carbonyl (C=O) groups is 3. The smallest absolute Gasteiger partial charge is 0.312 e. The van der Waals surface area contributed by atoms with E-state index in [1.165, 1.54) is 24.3 Å². The van der Waals surface area contributed by atoms with Crippen LogP contribution in [-0.4, -0.2) is 39.7 Å². The Kier molecular flexibility index (Phi) is 7.66. The summed E-state index contributed by atoms with van der Waals surface area (Å²) in [6.45, 7) is 0. The molecule has 0 aliphatic rings. The summed E-state index contributed by atoms with van der Waals surface area (Å²) < 4.78 is 9.94. The standard InChI is InChI=1S/C19H16Cl2O7/c20-7-5-17(24)27-11-1-3-13(15(22)9-11)19(26)14-4-2-12(10-16(14)23)28-18(25)6-8-21/h1-4,9-10,22-23H,5-8H2. The van der Waals surface area contributed by atoms with Gasteiger partial charge in [0.1, 0.15) is 23.0 Å². The van der Waals surface area contributed by atoms with Gasteiger partial charge < -0.3 is 19.7 Å². The Morgan fingerprint density at radius 3 is 1.46 bits per heavy atom. The number of ether oxygens (including phenoxy) is 2. The molecule has 0 fully saturated rings. The third-order valence-corrected chi connectivity index (χ3v) is 3.87. The number of phenols is 2. The van der Waals surface area contributed by atoms with E-state index in [1.807, 2.05) is 0 Å². The molecule has 0 atom stereocenters. The second-order valence-corrected chi connectivity index (χ2v) is 6.27. The van der Waals surface area contributed by atoms with E-state index in [0.29, 0.717) is 0 Å². The number of rotatable bonds is 8. The molecule has 0 radical (unpaired) electrons. The summed E-state index contributed by atoms with van der Waals surface area (Å²) in [6.07, 6.45) is -0.00260. The number of esters is 2. The van der Waals surface area contributed by atoms with Crippen LogP contribution in [0.15, 0.2) is 36.4 Å². The lowest BCUT2D eigenvalue weighted by atomic mass is 10.0. The third-order valence-electron chi connectivity index (χ3n) is 3.49. The first kappa shape index (κ1) is 21.5. The van der Waals surface area contributed by atoms with Crippen molar-refractivity contribution in [1.29, 1.82) is 0 Å². The van der Waals surface area contributed by atoms with Crippen LogP contribution in [0.4, 0.5) is 0 Å². The second-order valence-electron chi connectivity index (χ2n) is 5.51. The van der Waals surface area contributed by atoms with Gasteiger partial charge in [-0.15, -0.1) is 23.2 Å². The first-order valence-electron chi connectivity index (χ1n) is 8.09. The molecule has 0 aliphatic heterocycles. The number of benzene rings is 2. The van der Waals surface area contributed by atoms with Gasteiger partial charge in [-0.3, -0.25) is 14.4 Å². The lowest BCUT2D eigenvalue weighted by molar-refractivity contribution is -0.134. The number of alkyl halides is 2. The fraction of sp³-hybridized carbons (Fsp3) is 0.211. The van der Waals surface area contributed by atoms with Crippen LogP contribution in [0.1, 0.15) is 28.8 Å². The van der Waals surface area contributed by atoms with Crippen LogP contribution in [0.3, 0.4) is 0 Å². The topological polar surface area (TPSA) is 110 Å². The van der Waals surface area contributed by atoms with Gasteiger partial charge in [0.2, 0.25) is 0 Å². The maximum absolute atomic E-state index is 12.6. The minimum absolute atomic E-state index is 0.00130. The minimum atomic E-state index is -0.674. The van der Waals surface area contributed by atoms with Crippen molar-refractivity contribution in [2.24, 2.45) is 0 Å². The van der Waals surface area contributed by atoms with Gasteiger partial charge in [0.25, 0.3) is 0 Å². The zero-order valence-electron chi connectivity index (χ0n) is 14.5. The van der Waals surface area contributed by atoms with Crippen LogP contribution < -0.4 is 9.47 Å². The molecule has 0 aliphatic carbocycles. The summed E-state index contributed by atoms with van der Waals surface area (Å²) in [5.74, 6) is -2.40. The summed E-state index contributed by atoms with van der Waals surface area (Å²) in [7, 11) is 0. The first-order chi connectivity index (χ1) is 13.3. The molecule has 0 bridgehead atoms. The molecule has 0 heterocycles. The Balaban J connectivity index is 2.19. The Morgan fingerprint density at radius 1 is 0.750 bits per heavy atom. The van der Waals surface area contributed by atoms with Gasteiger partial charge >= 0.3 is 11.9 Å². The van der Waals surface area contributed by atoms with Gasteiger partial charge in [-0.1, -0.05) is 0 Å². The molecule has 0 aromatic heterocycles. The van der Waals surface area contributed by atoms with Crippen LogP contribution in [0.25, 0.3) is 0 Å². The predicted octanol–water partition coefficient (Wildman–Crippen LogP) is 3.40. The van der Waals surface area contributed by atoms with E-state index < -0.39 is 29.2 Å². The van der Waals surface area contributed by atoms with E-state index in [2.05, 4.69) is 0 Å². The van der Waals surface area contributed by atoms with Crippen molar-refractivity contribution in [3.05, 3.63) is 47.5 Å². The van der Waals surface area contributed by atoms with Gasteiger partial charge in [-0.25, -0.2) is 0 Å². The van der Waals surface area contributed by atoms with Crippen molar-refractivity contribution in [2.75, 3.05) is 11.8 Å². The normalized spacial score (nSPS) is 10.4. The molecule has 2 aromatic carbocycles. The zero-order chi connectivity index (χ0) is 20.7. The molecular formula is C19H16Cl2O7. The van der Waals surface area contributed by atoms with Gasteiger partial charge in [0.15, 0.2) is 5.78 Å². The van der Waals surface area contributed by atoms with Crippen molar-refractivity contribution in [2.45, 2.75) is 12.8 Å².